The van der Waals surface area contributed by atoms with Crippen molar-refractivity contribution >= 4 is 39.2 Å². The Balaban J connectivity index is 1.76. The molecule has 10 heteroatoms. The highest BCUT2D eigenvalue weighted by molar-refractivity contribution is 9.10. The van der Waals surface area contributed by atoms with Crippen LogP contribution in [0.2, 0.25) is 0 Å². The van der Waals surface area contributed by atoms with Crippen LogP contribution in [0.25, 0.3) is 11.1 Å². The maximum atomic E-state index is 12.4. The molecule has 30 heavy (non-hydrogen) atoms. The van der Waals surface area contributed by atoms with Crippen LogP contribution in [0.5, 0.6) is 0 Å². The molecule has 2 N–H and O–H groups in total. The molecule has 9 nitrogen and oxygen atoms in total. The van der Waals surface area contributed by atoms with Crippen molar-refractivity contribution in [2.24, 2.45) is 5.41 Å². The second kappa shape index (κ2) is 8.95. The molecule has 0 unspecified atom stereocenters. The van der Waals surface area contributed by atoms with E-state index in [0.717, 1.165) is 6.42 Å². The van der Waals surface area contributed by atoms with Crippen LogP contribution < -0.4 is 10.6 Å². The van der Waals surface area contributed by atoms with Gasteiger partial charge in [0.25, 0.3) is 5.69 Å². The molecule has 0 amide bonds. The average molecular weight is 478 g/mol. The third kappa shape index (κ3) is 4.23. The van der Waals surface area contributed by atoms with Gasteiger partial charge in [-0.3, -0.25) is 14.9 Å². The van der Waals surface area contributed by atoms with Crippen molar-refractivity contribution < 1.29 is 14.5 Å². The Kier molecular flexibility index (Phi) is 6.55. The number of nitrogens with zero attached hydrogens (tertiary/aromatic N) is 4. The molecule has 0 saturated carbocycles. The van der Waals surface area contributed by atoms with Crippen LogP contribution in [0, 0.1) is 15.5 Å². The molecule has 0 atom stereocenters. The Morgan fingerprint density at radius 3 is 2.43 bits per heavy atom. The molecule has 3 rings (SSSR count). The number of carbonyl (C=O) groups is 1. The number of rotatable bonds is 6. The molecule has 160 valence electrons. The van der Waals surface area contributed by atoms with Gasteiger partial charge in [-0.15, -0.1) is 0 Å². The molecular formula is C20H24BrN5O4. The van der Waals surface area contributed by atoms with Gasteiger partial charge in [0.15, 0.2) is 0 Å². The minimum absolute atomic E-state index is 0.0793. The van der Waals surface area contributed by atoms with Crippen molar-refractivity contribution in [3.8, 4) is 11.1 Å². The van der Waals surface area contributed by atoms with Crippen molar-refractivity contribution in [3.05, 3.63) is 39.1 Å². The van der Waals surface area contributed by atoms with Crippen molar-refractivity contribution in [1.82, 2.24) is 9.97 Å². The Morgan fingerprint density at radius 1 is 1.27 bits per heavy atom. The lowest BCUT2D eigenvalue weighted by atomic mass is 9.76. The second-order valence-corrected chi connectivity index (χ2v) is 8.12. The minimum atomic E-state index is -0.518. The molecular weight excluding hydrogens is 454 g/mol. The first-order valence-corrected chi connectivity index (χ1v) is 10.6. The van der Waals surface area contributed by atoms with Gasteiger partial charge < -0.3 is 15.4 Å². The Hall–Kier alpha value is -2.75. The summed E-state index contributed by atoms with van der Waals surface area (Å²) in [6.45, 7) is 5.53. The lowest BCUT2D eigenvalue weighted by molar-refractivity contribution is -0.383. The number of nitrogens with two attached hydrogens (primary N) is 1. The van der Waals surface area contributed by atoms with E-state index < -0.39 is 10.3 Å². The number of nitrogen functional groups attached to an aromatic ring is 1. The quantitative estimate of drug-likeness (QED) is 0.286. The van der Waals surface area contributed by atoms with Crippen LogP contribution >= 0.6 is 15.9 Å². The third-order valence-corrected chi connectivity index (χ3v) is 6.32. The summed E-state index contributed by atoms with van der Waals surface area (Å²) in [5, 5.41) is 11.2. The molecule has 1 aliphatic rings. The number of hydrogen-bond acceptors (Lipinski definition) is 8. The molecule has 0 aliphatic carbocycles. The first-order valence-electron chi connectivity index (χ1n) is 9.79. The summed E-state index contributed by atoms with van der Waals surface area (Å²) in [7, 11) is 0. The van der Waals surface area contributed by atoms with Gasteiger partial charge in [0.1, 0.15) is 5.69 Å². The van der Waals surface area contributed by atoms with Crippen LogP contribution in [-0.4, -0.2) is 40.6 Å². The van der Waals surface area contributed by atoms with Crippen LogP contribution in [0.3, 0.4) is 0 Å². The predicted octanol–water partition coefficient (Wildman–Crippen LogP) is 3.96. The van der Waals surface area contributed by atoms with E-state index in [4.69, 9.17) is 10.5 Å². The van der Waals surface area contributed by atoms with Gasteiger partial charge in [-0.25, -0.2) is 9.97 Å². The van der Waals surface area contributed by atoms with Gasteiger partial charge in [0, 0.05) is 41.6 Å². The topological polar surface area (TPSA) is 124 Å². The van der Waals surface area contributed by atoms with Crippen LogP contribution in [0.15, 0.2) is 29.0 Å². The number of nitro groups is 1. The van der Waals surface area contributed by atoms with Gasteiger partial charge in [-0.05, 0) is 53.7 Å². The molecule has 1 aromatic heterocycles. The molecule has 2 heterocycles. The average Bonchev–Trinajstić information content (AvgIpc) is 2.75. The standard InChI is InChI=1S/C20H24BrN5O4/c1-3-20(18(27)30-4-2)5-7-25(8-6-20)19-23-11-14(12-24-19)13-9-15(21)17(22)16(10-13)26(28)29/h9-12H,3-8,22H2,1-2H3. The van der Waals surface area contributed by atoms with Crippen molar-refractivity contribution in [1.29, 1.82) is 0 Å². The Morgan fingerprint density at radius 2 is 1.90 bits per heavy atom. The fourth-order valence-electron chi connectivity index (χ4n) is 3.68. The normalized spacial score (nSPS) is 15.6. The highest BCUT2D eigenvalue weighted by Gasteiger charge is 2.41. The zero-order valence-corrected chi connectivity index (χ0v) is 18.5. The maximum absolute atomic E-state index is 12.4. The summed E-state index contributed by atoms with van der Waals surface area (Å²) >= 11 is 3.26. The highest BCUT2D eigenvalue weighted by Crippen LogP contribution is 2.38. The molecule has 2 aromatic rings. The number of nitro benzene ring substituents is 1. The van der Waals surface area contributed by atoms with Gasteiger partial charge in [-0.2, -0.15) is 0 Å². The number of anilines is 2. The van der Waals surface area contributed by atoms with E-state index in [-0.39, 0.29) is 17.3 Å². The van der Waals surface area contributed by atoms with Gasteiger partial charge >= 0.3 is 5.97 Å². The molecule has 1 aliphatic heterocycles. The predicted molar refractivity (Wildman–Crippen MR) is 117 cm³/mol. The molecule has 0 spiro atoms. The SMILES string of the molecule is CCOC(=O)C1(CC)CCN(c2ncc(-c3cc(Br)c(N)c([N+](=O)[O-])c3)cn2)CC1. The summed E-state index contributed by atoms with van der Waals surface area (Å²) in [4.78, 5) is 34.0. The van der Waals surface area contributed by atoms with E-state index in [2.05, 4.69) is 25.9 Å². The number of ether oxygens (including phenoxy) is 1. The highest BCUT2D eigenvalue weighted by atomic mass is 79.9. The number of benzene rings is 1. The molecule has 1 aromatic carbocycles. The monoisotopic (exact) mass is 477 g/mol. The van der Waals surface area contributed by atoms with E-state index in [1.165, 1.54) is 6.07 Å². The fraction of sp³-hybridized carbons (Fsp3) is 0.450. The van der Waals surface area contributed by atoms with E-state index >= 15 is 0 Å². The molecule has 0 radical (unpaired) electrons. The Bertz CT molecular complexity index is 943. The zero-order chi connectivity index (χ0) is 21.9. The van der Waals surface area contributed by atoms with Gasteiger partial charge in [0.05, 0.1) is 16.9 Å². The van der Waals surface area contributed by atoms with Gasteiger partial charge in [-0.1, -0.05) is 6.92 Å². The van der Waals surface area contributed by atoms with Crippen molar-refractivity contribution in [2.75, 3.05) is 30.3 Å². The largest absolute Gasteiger partial charge is 0.466 e. The molecule has 1 saturated heterocycles. The van der Waals surface area contributed by atoms with E-state index in [1.54, 1.807) is 18.5 Å². The van der Waals surface area contributed by atoms with E-state index in [0.29, 0.717) is 54.1 Å². The number of piperidine rings is 1. The molecule has 1 fully saturated rings. The lowest BCUT2D eigenvalue weighted by Crippen LogP contribution is -2.45. The number of aromatic nitrogens is 2. The summed E-state index contributed by atoms with van der Waals surface area (Å²) in [6.07, 6.45) is 5.38. The number of hydrogen-bond donors (Lipinski definition) is 1. The number of halogens is 1. The summed E-state index contributed by atoms with van der Waals surface area (Å²) < 4.78 is 5.72. The summed E-state index contributed by atoms with van der Waals surface area (Å²) in [5.41, 5.74) is 6.48. The Labute approximate surface area is 182 Å². The maximum Gasteiger partial charge on any atom is 0.312 e. The van der Waals surface area contributed by atoms with Crippen molar-refractivity contribution in [2.45, 2.75) is 33.1 Å². The van der Waals surface area contributed by atoms with E-state index in [9.17, 15) is 14.9 Å². The first-order chi connectivity index (χ1) is 14.3. The lowest BCUT2D eigenvalue weighted by Gasteiger charge is -2.39. The third-order valence-electron chi connectivity index (χ3n) is 5.66. The zero-order valence-electron chi connectivity index (χ0n) is 16.9. The van der Waals surface area contributed by atoms with Crippen LogP contribution in [0.4, 0.5) is 17.3 Å². The van der Waals surface area contributed by atoms with Gasteiger partial charge in [0.2, 0.25) is 5.95 Å². The summed E-state index contributed by atoms with van der Waals surface area (Å²) in [6, 6.07) is 3.12. The minimum Gasteiger partial charge on any atom is -0.466 e. The fourth-order valence-corrected chi connectivity index (χ4v) is 4.13. The first kappa shape index (κ1) is 21.9. The second-order valence-electron chi connectivity index (χ2n) is 7.26. The van der Waals surface area contributed by atoms with Crippen molar-refractivity contribution in [3.63, 3.8) is 0 Å². The summed E-state index contributed by atoms with van der Waals surface area (Å²) in [5.74, 6) is 0.440. The number of esters is 1. The number of carbonyl (C=O) groups excluding carboxylic acids is 1. The molecule has 0 bridgehead atoms. The smallest absolute Gasteiger partial charge is 0.312 e. The van der Waals surface area contributed by atoms with E-state index in [1.807, 2.05) is 18.7 Å². The van der Waals surface area contributed by atoms with Crippen LogP contribution in [0.1, 0.15) is 33.1 Å². The van der Waals surface area contributed by atoms with Crippen LogP contribution in [-0.2, 0) is 9.53 Å².